The summed E-state index contributed by atoms with van der Waals surface area (Å²) in [6, 6.07) is 4.54. The molecule has 2 heteroatoms. The van der Waals surface area contributed by atoms with Crippen molar-refractivity contribution in [1.29, 1.82) is 0 Å². The van der Waals surface area contributed by atoms with Crippen molar-refractivity contribution >= 4 is 12.1 Å². The van der Waals surface area contributed by atoms with Gasteiger partial charge >= 0.3 is 0 Å². The van der Waals surface area contributed by atoms with Crippen LogP contribution in [0.3, 0.4) is 0 Å². The largest absolute Gasteiger partial charge is 0.328 e. The van der Waals surface area contributed by atoms with Crippen LogP contribution in [0.15, 0.2) is 12.1 Å². The zero-order valence-corrected chi connectivity index (χ0v) is 12.3. The number of anilines is 1. The molecule has 0 aliphatic heterocycles. The maximum Gasteiger partial charge on any atom is 0.211 e. The van der Waals surface area contributed by atoms with Gasteiger partial charge in [0, 0.05) is 5.69 Å². The molecule has 2 rings (SSSR count). The van der Waals surface area contributed by atoms with Crippen molar-refractivity contribution in [1.82, 2.24) is 0 Å². The van der Waals surface area contributed by atoms with Crippen molar-refractivity contribution in [2.75, 3.05) is 5.32 Å². The van der Waals surface area contributed by atoms with E-state index in [9.17, 15) is 4.79 Å². The molecule has 0 aromatic heterocycles. The summed E-state index contributed by atoms with van der Waals surface area (Å²) in [5, 5.41) is 2.88. The predicted molar refractivity (Wildman–Crippen MR) is 80.5 cm³/mol. The van der Waals surface area contributed by atoms with Gasteiger partial charge in [0.1, 0.15) is 0 Å². The summed E-state index contributed by atoms with van der Waals surface area (Å²) >= 11 is 0. The van der Waals surface area contributed by atoms with E-state index in [1.165, 1.54) is 42.4 Å². The van der Waals surface area contributed by atoms with E-state index >= 15 is 0 Å². The van der Waals surface area contributed by atoms with Crippen LogP contribution < -0.4 is 5.32 Å². The normalized spacial score (nSPS) is 18.2. The number of aryl methyl sites for hydroxylation is 1. The lowest BCUT2D eigenvalue weighted by molar-refractivity contribution is -0.105. The van der Waals surface area contributed by atoms with Gasteiger partial charge in [0.05, 0.1) is 0 Å². The van der Waals surface area contributed by atoms with Crippen molar-refractivity contribution < 1.29 is 4.79 Å². The summed E-state index contributed by atoms with van der Waals surface area (Å²) in [6.45, 7) is 6.71. The fourth-order valence-corrected chi connectivity index (χ4v) is 3.09. The summed E-state index contributed by atoms with van der Waals surface area (Å²) in [7, 11) is 0. The molecule has 0 saturated carbocycles. The Balaban J connectivity index is 2.33. The van der Waals surface area contributed by atoms with Crippen molar-refractivity contribution in [3.63, 3.8) is 0 Å². The van der Waals surface area contributed by atoms with E-state index in [2.05, 4.69) is 38.2 Å². The molecule has 104 valence electrons. The fourth-order valence-electron chi connectivity index (χ4n) is 3.09. The predicted octanol–water partition coefficient (Wildman–Crippen LogP) is 3.97. The van der Waals surface area contributed by atoms with Gasteiger partial charge in [-0.2, -0.15) is 0 Å². The Bertz CT molecular complexity index is 451. The number of fused-ring (bicyclic) bond motifs is 1. The first-order chi connectivity index (χ1) is 9.13. The highest BCUT2D eigenvalue weighted by Gasteiger charge is 2.19. The van der Waals surface area contributed by atoms with Crippen LogP contribution in [0.1, 0.15) is 50.3 Å². The number of rotatable bonds is 5. The average Bonchev–Trinajstić information content (AvgIpc) is 2.38. The molecule has 0 fully saturated rings. The highest BCUT2D eigenvalue weighted by atomic mass is 16.1. The van der Waals surface area contributed by atoms with Crippen LogP contribution in [0.2, 0.25) is 0 Å². The van der Waals surface area contributed by atoms with E-state index in [4.69, 9.17) is 0 Å². The van der Waals surface area contributed by atoms with E-state index in [0.29, 0.717) is 5.92 Å². The van der Waals surface area contributed by atoms with Gasteiger partial charge in [-0.25, -0.2) is 0 Å². The van der Waals surface area contributed by atoms with Gasteiger partial charge in [0.25, 0.3) is 0 Å². The second-order valence-electron chi connectivity index (χ2n) is 6.16. The minimum atomic E-state index is 0.609. The lowest BCUT2D eigenvalue weighted by atomic mass is 9.81. The maximum absolute atomic E-state index is 10.8. The number of carbonyl (C=O) groups excluding carboxylic acids is 1. The third-order valence-corrected chi connectivity index (χ3v) is 4.18. The minimum absolute atomic E-state index is 0.609. The van der Waals surface area contributed by atoms with Crippen LogP contribution >= 0.6 is 0 Å². The van der Waals surface area contributed by atoms with Gasteiger partial charge in [0.2, 0.25) is 6.41 Å². The maximum atomic E-state index is 10.8. The van der Waals surface area contributed by atoms with Crippen LogP contribution in [-0.4, -0.2) is 6.41 Å². The zero-order chi connectivity index (χ0) is 13.8. The van der Waals surface area contributed by atoms with Crippen molar-refractivity contribution in [3.05, 3.63) is 28.8 Å². The highest BCUT2D eigenvalue weighted by Crippen LogP contribution is 2.32. The van der Waals surface area contributed by atoms with E-state index in [-0.39, 0.29) is 0 Å². The summed E-state index contributed by atoms with van der Waals surface area (Å²) < 4.78 is 0. The highest BCUT2D eigenvalue weighted by molar-refractivity contribution is 5.74. The molecular formula is C17H25NO. The number of carbonyl (C=O) groups is 1. The summed E-state index contributed by atoms with van der Waals surface area (Å²) in [4.78, 5) is 10.8. The molecule has 1 unspecified atom stereocenters. The van der Waals surface area contributed by atoms with E-state index < -0.39 is 0 Å². The SMILES string of the molecule is CCC1CCc2cc(CC(C)C)c(NC=O)cc2C1. The molecule has 0 radical (unpaired) electrons. The molecule has 0 heterocycles. The molecule has 1 aromatic rings. The molecule has 0 saturated heterocycles. The van der Waals surface area contributed by atoms with E-state index in [1.54, 1.807) is 0 Å². The first-order valence-corrected chi connectivity index (χ1v) is 7.48. The zero-order valence-electron chi connectivity index (χ0n) is 12.3. The third-order valence-electron chi connectivity index (χ3n) is 4.18. The molecular weight excluding hydrogens is 234 g/mol. The number of nitrogens with one attached hydrogen (secondary N) is 1. The number of hydrogen-bond donors (Lipinski definition) is 1. The Labute approximate surface area is 116 Å². The Morgan fingerprint density at radius 3 is 2.79 bits per heavy atom. The first kappa shape index (κ1) is 14.1. The molecule has 1 aliphatic carbocycles. The number of benzene rings is 1. The molecule has 0 bridgehead atoms. The lowest BCUT2D eigenvalue weighted by Crippen LogP contribution is -2.15. The number of amides is 1. The lowest BCUT2D eigenvalue weighted by Gasteiger charge is -2.25. The van der Waals surface area contributed by atoms with Gasteiger partial charge in [-0.05, 0) is 60.3 Å². The van der Waals surface area contributed by atoms with Crippen molar-refractivity contribution in [3.8, 4) is 0 Å². The smallest absolute Gasteiger partial charge is 0.211 e. The fraction of sp³-hybridized carbons (Fsp3) is 0.588. The van der Waals surface area contributed by atoms with Crippen LogP contribution in [-0.2, 0) is 24.1 Å². The van der Waals surface area contributed by atoms with Crippen LogP contribution in [0.5, 0.6) is 0 Å². The van der Waals surface area contributed by atoms with E-state index in [0.717, 1.165) is 24.4 Å². The standard InChI is InChI=1S/C17H25NO/c1-4-13-5-6-14-9-16(7-12(2)3)17(18-11-19)10-15(14)8-13/h9-13H,4-8H2,1-3H3,(H,18,19). The van der Waals surface area contributed by atoms with Gasteiger partial charge in [-0.1, -0.05) is 33.3 Å². The monoisotopic (exact) mass is 259 g/mol. The van der Waals surface area contributed by atoms with E-state index in [1.807, 2.05) is 0 Å². The molecule has 1 aliphatic rings. The Kier molecular flexibility index (Phi) is 4.62. The summed E-state index contributed by atoms with van der Waals surface area (Å²) in [6.07, 6.45) is 6.75. The molecule has 1 aromatic carbocycles. The topological polar surface area (TPSA) is 29.1 Å². The molecule has 2 nitrogen and oxygen atoms in total. The molecule has 1 atom stereocenters. The third kappa shape index (κ3) is 3.37. The molecule has 0 spiro atoms. The Morgan fingerprint density at radius 2 is 2.16 bits per heavy atom. The minimum Gasteiger partial charge on any atom is -0.328 e. The van der Waals surface area contributed by atoms with Gasteiger partial charge < -0.3 is 5.32 Å². The van der Waals surface area contributed by atoms with Crippen molar-refractivity contribution in [2.45, 2.75) is 52.9 Å². The van der Waals surface area contributed by atoms with Gasteiger partial charge in [0.15, 0.2) is 0 Å². The van der Waals surface area contributed by atoms with Gasteiger partial charge in [-0.15, -0.1) is 0 Å². The van der Waals surface area contributed by atoms with Gasteiger partial charge in [-0.3, -0.25) is 4.79 Å². The van der Waals surface area contributed by atoms with Crippen molar-refractivity contribution in [2.24, 2.45) is 11.8 Å². The second-order valence-corrected chi connectivity index (χ2v) is 6.16. The number of hydrogen-bond acceptors (Lipinski definition) is 1. The van der Waals surface area contributed by atoms with Crippen LogP contribution in [0, 0.1) is 11.8 Å². The molecule has 19 heavy (non-hydrogen) atoms. The second kappa shape index (κ2) is 6.23. The Morgan fingerprint density at radius 1 is 1.37 bits per heavy atom. The molecule has 1 N–H and O–H groups in total. The summed E-state index contributed by atoms with van der Waals surface area (Å²) in [5.74, 6) is 1.42. The molecule has 1 amide bonds. The quantitative estimate of drug-likeness (QED) is 0.796. The first-order valence-electron chi connectivity index (χ1n) is 7.48. The van der Waals surface area contributed by atoms with Crippen LogP contribution in [0.25, 0.3) is 0 Å². The van der Waals surface area contributed by atoms with Crippen LogP contribution in [0.4, 0.5) is 5.69 Å². The summed E-state index contributed by atoms with van der Waals surface area (Å²) in [5.41, 5.74) is 5.24. The Hall–Kier alpha value is -1.31. The average molecular weight is 259 g/mol.